The molecule has 0 unspecified atom stereocenters. The molecular formula is C19H29N3O. The zero-order chi connectivity index (χ0) is 16.1. The maximum atomic E-state index is 12.3. The fourth-order valence-corrected chi connectivity index (χ4v) is 4.05. The minimum Gasteiger partial charge on any atom is -0.336 e. The molecular weight excluding hydrogens is 286 g/mol. The Labute approximate surface area is 139 Å². The fraction of sp³-hybridized carbons (Fsp3) is 0.632. The van der Waals surface area contributed by atoms with Crippen molar-refractivity contribution in [1.82, 2.24) is 16.0 Å². The van der Waals surface area contributed by atoms with Gasteiger partial charge < -0.3 is 16.0 Å². The van der Waals surface area contributed by atoms with Crippen molar-refractivity contribution in [2.45, 2.75) is 62.9 Å². The van der Waals surface area contributed by atoms with E-state index in [-0.39, 0.29) is 17.6 Å². The molecule has 0 aromatic heterocycles. The van der Waals surface area contributed by atoms with Gasteiger partial charge in [-0.05, 0) is 50.3 Å². The Balaban J connectivity index is 1.48. The van der Waals surface area contributed by atoms with Gasteiger partial charge >= 0.3 is 6.03 Å². The number of likely N-dealkylation sites (N-methyl/N-ethyl adjacent to an activating group) is 1. The van der Waals surface area contributed by atoms with E-state index in [2.05, 4.69) is 40.2 Å². The maximum absolute atomic E-state index is 12.3. The van der Waals surface area contributed by atoms with Crippen LogP contribution in [0.2, 0.25) is 0 Å². The lowest BCUT2D eigenvalue weighted by atomic mass is 9.82. The normalized spacial score (nSPS) is 22.9. The Morgan fingerprint density at radius 1 is 1.17 bits per heavy atom. The number of aryl methyl sites for hydroxylation is 1. The summed E-state index contributed by atoms with van der Waals surface area (Å²) in [5.74, 6) is 0. The van der Waals surface area contributed by atoms with Crippen LogP contribution in [0, 0.1) is 0 Å². The Kier molecular flexibility index (Phi) is 5.21. The first kappa shape index (κ1) is 16.3. The second kappa shape index (κ2) is 7.35. The SMILES string of the molecule is CNC1(CNC(=O)N[C@H]2CCc3ccccc3C2)CCCCC1. The third kappa shape index (κ3) is 4.05. The molecule has 0 saturated heterocycles. The molecule has 1 fully saturated rings. The molecule has 2 amide bonds. The van der Waals surface area contributed by atoms with E-state index in [9.17, 15) is 4.79 Å². The van der Waals surface area contributed by atoms with E-state index in [1.807, 2.05) is 7.05 Å². The van der Waals surface area contributed by atoms with Crippen LogP contribution in [0.25, 0.3) is 0 Å². The molecule has 1 atom stereocenters. The molecule has 4 nitrogen and oxygen atoms in total. The molecule has 2 aliphatic carbocycles. The summed E-state index contributed by atoms with van der Waals surface area (Å²) in [6.45, 7) is 0.721. The monoisotopic (exact) mass is 315 g/mol. The van der Waals surface area contributed by atoms with E-state index in [1.165, 1.54) is 30.4 Å². The Hall–Kier alpha value is -1.55. The Morgan fingerprint density at radius 3 is 2.65 bits per heavy atom. The quantitative estimate of drug-likeness (QED) is 0.800. The molecule has 1 aromatic rings. The van der Waals surface area contributed by atoms with Gasteiger partial charge in [-0.3, -0.25) is 0 Å². The lowest BCUT2D eigenvalue weighted by Gasteiger charge is -2.37. The molecule has 0 heterocycles. The minimum atomic E-state index is -0.0189. The third-order valence-electron chi connectivity index (χ3n) is 5.61. The molecule has 0 bridgehead atoms. The first-order valence-corrected chi connectivity index (χ1v) is 9.01. The smallest absolute Gasteiger partial charge is 0.315 e. The molecule has 126 valence electrons. The van der Waals surface area contributed by atoms with Gasteiger partial charge in [-0.15, -0.1) is 0 Å². The summed E-state index contributed by atoms with van der Waals surface area (Å²) < 4.78 is 0. The zero-order valence-corrected chi connectivity index (χ0v) is 14.2. The highest BCUT2D eigenvalue weighted by Crippen LogP contribution is 2.27. The molecule has 1 saturated carbocycles. The van der Waals surface area contributed by atoms with E-state index in [4.69, 9.17) is 0 Å². The molecule has 3 rings (SSSR count). The average molecular weight is 315 g/mol. The van der Waals surface area contributed by atoms with Crippen LogP contribution in [0.15, 0.2) is 24.3 Å². The van der Waals surface area contributed by atoms with Crippen LogP contribution in [-0.2, 0) is 12.8 Å². The lowest BCUT2D eigenvalue weighted by Crippen LogP contribution is -2.55. The number of hydrogen-bond donors (Lipinski definition) is 3. The molecule has 0 radical (unpaired) electrons. The molecule has 1 aromatic carbocycles. The third-order valence-corrected chi connectivity index (χ3v) is 5.61. The summed E-state index contributed by atoms with van der Waals surface area (Å²) in [5.41, 5.74) is 2.90. The fourth-order valence-electron chi connectivity index (χ4n) is 4.05. The van der Waals surface area contributed by atoms with Crippen LogP contribution >= 0.6 is 0 Å². The summed E-state index contributed by atoms with van der Waals surface area (Å²) in [6.07, 6.45) is 9.16. The van der Waals surface area contributed by atoms with E-state index >= 15 is 0 Å². The van der Waals surface area contributed by atoms with Gasteiger partial charge in [0.1, 0.15) is 0 Å². The lowest BCUT2D eigenvalue weighted by molar-refractivity contribution is 0.214. The van der Waals surface area contributed by atoms with Gasteiger partial charge in [-0.25, -0.2) is 4.79 Å². The van der Waals surface area contributed by atoms with Gasteiger partial charge in [0.15, 0.2) is 0 Å². The Morgan fingerprint density at radius 2 is 1.91 bits per heavy atom. The van der Waals surface area contributed by atoms with Gasteiger partial charge in [0.25, 0.3) is 0 Å². The molecule has 23 heavy (non-hydrogen) atoms. The number of fused-ring (bicyclic) bond motifs is 1. The van der Waals surface area contributed by atoms with Crippen molar-refractivity contribution in [2.75, 3.05) is 13.6 Å². The summed E-state index contributed by atoms with van der Waals surface area (Å²) in [5, 5.41) is 9.71. The zero-order valence-electron chi connectivity index (χ0n) is 14.2. The number of nitrogens with one attached hydrogen (secondary N) is 3. The number of carbonyl (C=O) groups is 1. The second-order valence-corrected chi connectivity index (χ2v) is 7.13. The number of benzene rings is 1. The van der Waals surface area contributed by atoms with Gasteiger partial charge in [0, 0.05) is 18.1 Å². The molecule has 4 heteroatoms. The van der Waals surface area contributed by atoms with Gasteiger partial charge in [0.2, 0.25) is 0 Å². The van der Waals surface area contributed by atoms with E-state index in [0.717, 1.165) is 38.6 Å². The standard InChI is InChI=1S/C19H29N3O/c1-20-19(11-5-2-6-12-19)14-21-18(23)22-17-10-9-15-7-3-4-8-16(15)13-17/h3-4,7-8,17,20H,2,5-6,9-14H2,1H3,(H2,21,22,23)/t17-/m0/s1. The van der Waals surface area contributed by atoms with Crippen molar-refractivity contribution in [3.05, 3.63) is 35.4 Å². The van der Waals surface area contributed by atoms with Crippen LogP contribution in [0.1, 0.15) is 49.7 Å². The summed E-state index contributed by atoms with van der Waals surface area (Å²) in [4.78, 5) is 12.3. The highest BCUT2D eigenvalue weighted by molar-refractivity contribution is 5.74. The first-order valence-electron chi connectivity index (χ1n) is 9.01. The van der Waals surface area contributed by atoms with Gasteiger partial charge in [-0.1, -0.05) is 43.5 Å². The van der Waals surface area contributed by atoms with Crippen molar-refractivity contribution in [1.29, 1.82) is 0 Å². The summed E-state index contributed by atoms with van der Waals surface area (Å²) >= 11 is 0. The molecule has 0 spiro atoms. The maximum Gasteiger partial charge on any atom is 0.315 e. The molecule has 2 aliphatic rings. The van der Waals surface area contributed by atoms with Crippen LogP contribution in [0.4, 0.5) is 4.79 Å². The largest absolute Gasteiger partial charge is 0.336 e. The van der Waals surface area contributed by atoms with Gasteiger partial charge in [-0.2, -0.15) is 0 Å². The van der Waals surface area contributed by atoms with Gasteiger partial charge in [0.05, 0.1) is 0 Å². The number of carbonyl (C=O) groups excluding carboxylic acids is 1. The van der Waals surface area contributed by atoms with Crippen molar-refractivity contribution in [3.8, 4) is 0 Å². The van der Waals surface area contributed by atoms with E-state index < -0.39 is 0 Å². The van der Waals surface area contributed by atoms with Crippen LogP contribution in [-0.4, -0.2) is 31.2 Å². The predicted octanol–water partition coefficient (Wildman–Crippen LogP) is 2.77. The molecule has 3 N–H and O–H groups in total. The number of rotatable bonds is 4. The minimum absolute atomic E-state index is 0.0189. The second-order valence-electron chi connectivity index (χ2n) is 7.13. The number of urea groups is 1. The van der Waals surface area contributed by atoms with E-state index in [1.54, 1.807) is 0 Å². The topological polar surface area (TPSA) is 53.2 Å². The number of amides is 2. The summed E-state index contributed by atoms with van der Waals surface area (Å²) in [6, 6.07) is 8.79. The van der Waals surface area contributed by atoms with Crippen molar-refractivity contribution >= 4 is 6.03 Å². The predicted molar refractivity (Wildman–Crippen MR) is 93.7 cm³/mol. The van der Waals surface area contributed by atoms with Crippen LogP contribution in [0.3, 0.4) is 0 Å². The first-order chi connectivity index (χ1) is 11.2. The molecule has 0 aliphatic heterocycles. The van der Waals surface area contributed by atoms with Crippen LogP contribution in [0.5, 0.6) is 0 Å². The van der Waals surface area contributed by atoms with Crippen molar-refractivity contribution < 1.29 is 4.79 Å². The van der Waals surface area contributed by atoms with E-state index in [0.29, 0.717) is 0 Å². The Bertz CT molecular complexity index is 537. The highest BCUT2D eigenvalue weighted by Gasteiger charge is 2.30. The van der Waals surface area contributed by atoms with Crippen molar-refractivity contribution in [3.63, 3.8) is 0 Å². The highest BCUT2D eigenvalue weighted by atomic mass is 16.2. The van der Waals surface area contributed by atoms with Crippen LogP contribution < -0.4 is 16.0 Å². The average Bonchev–Trinajstić information content (AvgIpc) is 2.61. The summed E-state index contributed by atoms with van der Waals surface area (Å²) in [7, 11) is 2.02. The number of hydrogen-bond acceptors (Lipinski definition) is 2. The van der Waals surface area contributed by atoms with Crippen molar-refractivity contribution in [2.24, 2.45) is 0 Å².